The van der Waals surface area contributed by atoms with Gasteiger partial charge in [0.05, 0.1) is 33.9 Å². The molecule has 1 amide bonds. The van der Waals surface area contributed by atoms with Gasteiger partial charge in [-0.25, -0.2) is 9.37 Å². The lowest BCUT2D eigenvalue weighted by atomic mass is 10.0. The molecule has 0 saturated heterocycles. The molecule has 0 fully saturated rings. The van der Waals surface area contributed by atoms with E-state index < -0.39 is 0 Å². The summed E-state index contributed by atoms with van der Waals surface area (Å²) in [5, 5.41) is 12.4. The molecule has 4 aromatic rings. The van der Waals surface area contributed by atoms with Crippen LogP contribution in [0.1, 0.15) is 27.4 Å². The van der Waals surface area contributed by atoms with Crippen LogP contribution in [-0.4, -0.2) is 32.4 Å². The van der Waals surface area contributed by atoms with Crippen molar-refractivity contribution in [3.63, 3.8) is 0 Å². The van der Waals surface area contributed by atoms with Gasteiger partial charge in [-0.1, -0.05) is 16.8 Å². The number of rotatable bonds is 5. The third-order valence-electron chi connectivity index (χ3n) is 4.84. The minimum Gasteiger partial charge on any atom is -0.350 e. The van der Waals surface area contributed by atoms with Gasteiger partial charge in [0.15, 0.2) is 0 Å². The van der Waals surface area contributed by atoms with E-state index in [0.717, 1.165) is 11.4 Å². The molecule has 3 aromatic heterocycles. The number of nitrogens with zero attached hydrogens (tertiary/aromatic N) is 4. The van der Waals surface area contributed by atoms with Crippen LogP contribution in [0.4, 0.5) is 4.39 Å². The van der Waals surface area contributed by atoms with Crippen LogP contribution in [-0.2, 0) is 6.54 Å². The Balaban J connectivity index is 1.62. The van der Waals surface area contributed by atoms with Crippen LogP contribution >= 0.6 is 11.6 Å². The molecule has 0 saturated carbocycles. The number of aromatic nitrogens is 4. The van der Waals surface area contributed by atoms with Gasteiger partial charge < -0.3 is 9.84 Å². The molecular weight excluding hydrogens is 409 g/mol. The Kier molecular flexibility index (Phi) is 5.26. The highest BCUT2D eigenvalue weighted by Crippen LogP contribution is 2.30. The third-order valence-corrected chi connectivity index (χ3v) is 5.39. The summed E-state index contributed by atoms with van der Waals surface area (Å²) in [5.74, 6) is -0.646. The number of benzene rings is 1. The van der Waals surface area contributed by atoms with Gasteiger partial charge in [-0.3, -0.25) is 9.48 Å². The van der Waals surface area contributed by atoms with E-state index in [0.29, 0.717) is 46.0 Å². The lowest BCUT2D eigenvalue weighted by Crippen LogP contribution is -2.28. The van der Waals surface area contributed by atoms with Crippen LogP contribution in [0.3, 0.4) is 0 Å². The van der Waals surface area contributed by atoms with E-state index in [4.69, 9.17) is 16.1 Å². The van der Waals surface area contributed by atoms with E-state index in [1.165, 1.54) is 12.1 Å². The molecule has 0 atom stereocenters. The normalized spacial score (nSPS) is 11.2. The predicted octanol–water partition coefficient (Wildman–Crippen LogP) is 4.23. The second kappa shape index (κ2) is 7.87. The fourth-order valence-corrected chi connectivity index (χ4v) is 3.46. The number of carbonyl (C=O) groups excluding carboxylic acids is 1. The highest BCUT2D eigenvalue weighted by Gasteiger charge is 2.21. The van der Waals surface area contributed by atoms with Crippen molar-refractivity contribution in [1.82, 2.24) is 25.2 Å². The van der Waals surface area contributed by atoms with Crippen molar-refractivity contribution in [3.05, 3.63) is 63.8 Å². The summed E-state index contributed by atoms with van der Waals surface area (Å²) in [6.07, 6.45) is 0. The van der Waals surface area contributed by atoms with Crippen LogP contribution in [0.5, 0.6) is 0 Å². The monoisotopic (exact) mass is 427 g/mol. The maximum absolute atomic E-state index is 13.3. The fraction of sp³-hybridized carbons (Fsp3) is 0.238. The van der Waals surface area contributed by atoms with Crippen molar-refractivity contribution in [1.29, 1.82) is 0 Å². The van der Waals surface area contributed by atoms with Crippen LogP contribution in [0, 0.1) is 26.6 Å². The summed E-state index contributed by atoms with van der Waals surface area (Å²) in [6, 6.07) is 7.51. The lowest BCUT2D eigenvalue weighted by molar-refractivity contribution is 0.0953. The standard InChI is InChI=1S/C21H19ClFN5O2/c1-11-10-16(20(29)24-8-9-28-13(3)18(22)12(2)26-28)17-19(27-30-21(17)25-11)14-4-6-15(23)7-5-14/h4-7,10H,8-9H2,1-3H3,(H,24,29). The third kappa shape index (κ3) is 3.66. The van der Waals surface area contributed by atoms with Crippen molar-refractivity contribution in [2.24, 2.45) is 0 Å². The van der Waals surface area contributed by atoms with Crippen molar-refractivity contribution in [2.45, 2.75) is 27.3 Å². The first-order chi connectivity index (χ1) is 14.3. The molecule has 0 radical (unpaired) electrons. The first kappa shape index (κ1) is 20.0. The van der Waals surface area contributed by atoms with Crippen molar-refractivity contribution in [3.8, 4) is 11.3 Å². The summed E-state index contributed by atoms with van der Waals surface area (Å²) in [5.41, 5.74) is 3.94. The Morgan fingerprint density at radius 1 is 1.23 bits per heavy atom. The maximum atomic E-state index is 13.3. The molecule has 30 heavy (non-hydrogen) atoms. The number of hydrogen-bond donors (Lipinski definition) is 1. The van der Waals surface area contributed by atoms with Crippen LogP contribution < -0.4 is 5.32 Å². The number of halogens is 2. The summed E-state index contributed by atoms with van der Waals surface area (Å²) < 4.78 is 20.4. The Labute approximate surface area is 176 Å². The Bertz CT molecular complexity index is 1250. The molecule has 1 N–H and O–H groups in total. The number of fused-ring (bicyclic) bond motifs is 1. The lowest BCUT2D eigenvalue weighted by Gasteiger charge is -2.09. The number of pyridine rings is 1. The number of nitrogens with one attached hydrogen (secondary N) is 1. The minimum absolute atomic E-state index is 0.254. The van der Waals surface area contributed by atoms with Crippen molar-refractivity contribution >= 4 is 28.6 Å². The zero-order chi connectivity index (χ0) is 21.4. The smallest absolute Gasteiger partial charge is 0.259 e. The molecule has 3 heterocycles. The van der Waals surface area contributed by atoms with Crippen molar-refractivity contribution in [2.75, 3.05) is 6.54 Å². The maximum Gasteiger partial charge on any atom is 0.259 e. The Morgan fingerprint density at radius 3 is 2.63 bits per heavy atom. The van der Waals surface area contributed by atoms with Gasteiger partial charge >= 0.3 is 0 Å². The van der Waals surface area contributed by atoms with Gasteiger partial charge in [0.1, 0.15) is 11.5 Å². The highest BCUT2D eigenvalue weighted by molar-refractivity contribution is 6.31. The van der Waals surface area contributed by atoms with E-state index in [2.05, 4.69) is 20.6 Å². The minimum atomic E-state index is -0.359. The summed E-state index contributed by atoms with van der Waals surface area (Å²) in [7, 11) is 0. The van der Waals surface area contributed by atoms with Gasteiger partial charge in [0, 0.05) is 17.8 Å². The van der Waals surface area contributed by atoms with E-state index in [1.54, 1.807) is 29.8 Å². The van der Waals surface area contributed by atoms with Crippen molar-refractivity contribution < 1.29 is 13.7 Å². The molecule has 154 valence electrons. The molecule has 0 aliphatic heterocycles. The van der Waals surface area contributed by atoms with Crippen LogP contribution in [0.25, 0.3) is 22.4 Å². The van der Waals surface area contributed by atoms with Gasteiger partial charge in [0.25, 0.3) is 11.6 Å². The molecule has 4 rings (SSSR count). The van der Waals surface area contributed by atoms with Crippen LogP contribution in [0.15, 0.2) is 34.9 Å². The molecule has 1 aromatic carbocycles. The molecule has 7 nitrogen and oxygen atoms in total. The molecule has 9 heteroatoms. The van der Waals surface area contributed by atoms with Gasteiger partial charge in [-0.15, -0.1) is 0 Å². The summed E-state index contributed by atoms with van der Waals surface area (Å²) >= 11 is 6.17. The summed E-state index contributed by atoms with van der Waals surface area (Å²) in [4.78, 5) is 17.3. The topological polar surface area (TPSA) is 85.8 Å². The average Bonchev–Trinajstić information content (AvgIpc) is 3.24. The second-order valence-corrected chi connectivity index (χ2v) is 7.37. The van der Waals surface area contributed by atoms with Gasteiger partial charge in [-0.2, -0.15) is 5.10 Å². The first-order valence-electron chi connectivity index (χ1n) is 9.36. The highest BCUT2D eigenvalue weighted by atomic mass is 35.5. The Hall–Kier alpha value is -3.26. The van der Waals surface area contributed by atoms with E-state index >= 15 is 0 Å². The SMILES string of the molecule is Cc1cc(C(=O)NCCn2nc(C)c(Cl)c2C)c2c(-c3ccc(F)cc3)noc2n1. The fourth-order valence-electron chi connectivity index (χ4n) is 3.32. The van der Waals surface area contributed by atoms with Crippen LogP contribution in [0.2, 0.25) is 5.02 Å². The van der Waals surface area contributed by atoms with E-state index in [1.807, 2.05) is 13.8 Å². The quantitative estimate of drug-likeness (QED) is 0.515. The zero-order valence-corrected chi connectivity index (χ0v) is 17.4. The predicted molar refractivity (Wildman–Crippen MR) is 111 cm³/mol. The van der Waals surface area contributed by atoms with E-state index in [9.17, 15) is 9.18 Å². The Morgan fingerprint density at radius 2 is 1.97 bits per heavy atom. The average molecular weight is 428 g/mol. The number of amides is 1. The first-order valence-corrected chi connectivity index (χ1v) is 9.73. The zero-order valence-electron chi connectivity index (χ0n) is 16.7. The molecule has 0 aliphatic rings. The molecule has 0 spiro atoms. The largest absolute Gasteiger partial charge is 0.350 e. The molecule has 0 bridgehead atoms. The number of carbonyl (C=O) groups is 1. The summed E-state index contributed by atoms with van der Waals surface area (Å²) in [6.45, 7) is 6.33. The number of hydrogen-bond acceptors (Lipinski definition) is 5. The number of aryl methyl sites for hydroxylation is 2. The van der Waals surface area contributed by atoms with Gasteiger partial charge in [0.2, 0.25) is 0 Å². The molecular formula is C21H19ClFN5O2. The second-order valence-electron chi connectivity index (χ2n) is 6.99. The van der Waals surface area contributed by atoms with E-state index in [-0.39, 0.29) is 17.4 Å². The molecule has 0 unspecified atom stereocenters. The molecule has 0 aliphatic carbocycles. The van der Waals surface area contributed by atoms with Gasteiger partial charge in [-0.05, 0) is 51.1 Å².